The largest absolute Gasteiger partial charge is 0.478 e. The molecule has 0 bridgehead atoms. The highest BCUT2D eigenvalue weighted by Gasteiger charge is 2.11. The first-order valence-electron chi connectivity index (χ1n) is 6.50. The topological polar surface area (TPSA) is 42.2 Å². The molecule has 0 radical (unpaired) electrons. The quantitative estimate of drug-likeness (QED) is 0.898. The Labute approximate surface area is 117 Å². The Morgan fingerprint density at radius 2 is 2.11 bits per heavy atom. The minimum Gasteiger partial charge on any atom is -0.478 e. The molecule has 0 saturated heterocycles. The third-order valence-corrected chi connectivity index (χ3v) is 4.25. The molecule has 0 amide bonds. The van der Waals surface area contributed by atoms with Crippen molar-refractivity contribution in [2.75, 3.05) is 0 Å². The van der Waals surface area contributed by atoms with E-state index in [0.717, 1.165) is 23.2 Å². The van der Waals surface area contributed by atoms with Crippen molar-refractivity contribution in [1.82, 2.24) is 4.57 Å². The zero-order valence-electron chi connectivity index (χ0n) is 11.5. The van der Waals surface area contributed by atoms with Crippen LogP contribution in [0.5, 0.6) is 0 Å². The van der Waals surface area contributed by atoms with Gasteiger partial charge < -0.3 is 9.67 Å². The average molecular weight is 277 g/mol. The van der Waals surface area contributed by atoms with Crippen LogP contribution in [0.15, 0.2) is 24.3 Å². The number of aromatic nitrogens is 1. The summed E-state index contributed by atoms with van der Waals surface area (Å²) in [5.41, 5.74) is 2.63. The molecule has 3 nitrogen and oxygen atoms in total. The number of thioether (sulfide) groups is 1. The van der Waals surface area contributed by atoms with Gasteiger partial charge in [0, 0.05) is 23.5 Å². The second kappa shape index (κ2) is 5.70. The Bertz CT molecular complexity index is 601. The highest BCUT2D eigenvalue weighted by atomic mass is 32.2. The molecular weight excluding hydrogens is 258 g/mol. The Hall–Kier alpha value is -1.42. The van der Waals surface area contributed by atoms with E-state index in [1.165, 1.54) is 5.69 Å². The normalized spacial score (nSPS) is 11.4. The SMILES string of the molecule is CCn1c(CSC(C)C)cc2ccc(C(=O)O)cc21. The molecule has 0 atom stereocenters. The molecule has 0 saturated carbocycles. The van der Waals surface area contributed by atoms with Gasteiger partial charge in [0.2, 0.25) is 0 Å². The van der Waals surface area contributed by atoms with Crippen LogP contribution >= 0.6 is 11.8 Å². The molecule has 4 heteroatoms. The number of aryl methyl sites for hydroxylation is 1. The lowest BCUT2D eigenvalue weighted by Gasteiger charge is -2.09. The number of carboxylic acids is 1. The molecule has 1 N–H and O–H groups in total. The molecule has 0 spiro atoms. The molecule has 19 heavy (non-hydrogen) atoms. The summed E-state index contributed by atoms with van der Waals surface area (Å²) in [7, 11) is 0. The monoisotopic (exact) mass is 277 g/mol. The van der Waals surface area contributed by atoms with E-state index in [0.29, 0.717) is 10.8 Å². The molecule has 0 aliphatic carbocycles. The summed E-state index contributed by atoms with van der Waals surface area (Å²) in [6.45, 7) is 7.33. The van der Waals surface area contributed by atoms with E-state index in [1.807, 2.05) is 17.8 Å². The highest BCUT2D eigenvalue weighted by molar-refractivity contribution is 7.99. The fourth-order valence-corrected chi connectivity index (χ4v) is 2.93. The second-order valence-corrected chi connectivity index (χ2v) is 6.38. The average Bonchev–Trinajstić information content (AvgIpc) is 2.72. The molecule has 1 heterocycles. The van der Waals surface area contributed by atoms with Gasteiger partial charge in [0.1, 0.15) is 0 Å². The Kier molecular flexibility index (Phi) is 4.20. The Morgan fingerprint density at radius 1 is 1.37 bits per heavy atom. The molecule has 2 aromatic rings. The van der Waals surface area contributed by atoms with Gasteiger partial charge in [0.15, 0.2) is 0 Å². The van der Waals surface area contributed by atoms with Gasteiger partial charge >= 0.3 is 5.97 Å². The van der Waals surface area contributed by atoms with E-state index in [9.17, 15) is 4.79 Å². The lowest BCUT2D eigenvalue weighted by atomic mass is 10.1. The number of benzene rings is 1. The summed E-state index contributed by atoms with van der Waals surface area (Å²) in [4.78, 5) is 11.1. The van der Waals surface area contributed by atoms with Crippen molar-refractivity contribution in [2.45, 2.75) is 38.3 Å². The van der Waals surface area contributed by atoms with Crippen LogP contribution < -0.4 is 0 Å². The van der Waals surface area contributed by atoms with Crippen LogP contribution in [0.25, 0.3) is 10.9 Å². The number of carbonyl (C=O) groups is 1. The van der Waals surface area contributed by atoms with Crippen LogP contribution in [0.3, 0.4) is 0 Å². The first-order chi connectivity index (χ1) is 9.02. The molecule has 0 fully saturated rings. The Balaban J connectivity index is 2.46. The van der Waals surface area contributed by atoms with Crippen LogP contribution in [0.2, 0.25) is 0 Å². The van der Waals surface area contributed by atoms with Crippen molar-refractivity contribution in [2.24, 2.45) is 0 Å². The van der Waals surface area contributed by atoms with Crippen molar-refractivity contribution >= 4 is 28.6 Å². The van der Waals surface area contributed by atoms with E-state index >= 15 is 0 Å². The minimum atomic E-state index is -0.871. The number of hydrogen-bond donors (Lipinski definition) is 1. The summed E-state index contributed by atoms with van der Waals surface area (Å²) in [6.07, 6.45) is 0. The molecule has 0 aliphatic rings. The summed E-state index contributed by atoms with van der Waals surface area (Å²) in [5.74, 6) is 0.0895. The van der Waals surface area contributed by atoms with Crippen molar-refractivity contribution in [3.63, 3.8) is 0 Å². The van der Waals surface area contributed by atoms with Crippen LogP contribution in [0.4, 0.5) is 0 Å². The van der Waals surface area contributed by atoms with Crippen molar-refractivity contribution in [3.05, 3.63) is 35.5 Å². The van der Waals surface area contributed by atoms with Gasteiger partial charge in [-0.25, -0.2) is 4.79 Å². The second-order valence-electron chi connectivity index (χ2n) is 4.82. The number of fused-ring (bicyclic) bond motifs is 1. The van der Waals surface area contributed by atoms with Crippen LogP contribution in [0.1, 0.15) is 36.8 Å². The maximum Gasteiger partial charge on any atom is 0.335 e. The standard InChI is InChI=1S/C15H19NO2S/c1-4-16-13(9-19-10(2)3)7-11-5-6-12(15(17)18)8-14(11)16/h5-8,10H,4,9H2,1-3H3,(H,17,18). The highest BCUT2D eigenvalue weighted by Crippen LogP contribution is 2.25. The fraction of sp³-hybridized carbons (Fsp3) is 0.400. The van der Waals surface area contributed by atoms with Gasteiger partial charge in [-0.1, -0.05) is 19.9 Å². The fourth-order valence-electron chi connectivity index (χ4n) is 2.19. The van der Waals surface area contributed by atoms with Crippen LogP contribution in [-0.4, -0.2) is 20.9 Å². The molecule has 2 rings (SSSR count). The molecule has 102 valence electrons. The molecular formula is C15H19NO2S. The molecule has 0 unspecified atom stereocenters. The first-order valence-corrected chi connectivity index (χ1v) is 7.55. The molecule has 0 aliphatic heterocycles. The number of rotatable bonds is 5. The molecule has 1 aromatic carbocycles. The Morgan fingerprint density at radius 3 is 2.68 bits per heavy atom. The van der Waals surface area contributed by atoms with Gasteiger partial charge in [-0.05, 0) is 35.8 Å². The van der Waals surface area contributed by atoms with Crippen molar-refractivity contribution < 1.29 is 9.90 Å². The zero-order chi connectivity index (χ0) is 14.0. The van der Waals surface area contributed by atoms with Gasteiger partial charge in [-0.3, -0.25) is 0 Å². The number of carboxylic acid groups (broad SMARTS) is 1. The van der Waals surface area contributed by atoms with E-state index in [4.69, 9.17) is 5.11 Å². The van der Waals surface area contributed by atoms with Crippen molar-refractivity contribution in [1.29, 1.82) is 0 Å². The predicted octanol–water partition coefficient (Wildman–Crippen LogP) is 4.00. The first kappa shape index (κ1) is 14.0. The van der Waals surface area contributed by atoms with Gasteiger partial charge in [0.25, 0.3) is 0 Å². The van der Waals surface area contributed by atoms with Crippen LogP contribution in [0, 0.1) is 0 Å². The predicted molar refractivity (Wildman–Crippen MR) is 81.0 cm³/mol. The lowest BCUT2D eigenvalue weighted by Crippen LogP contribution is -2.01. The summed E-state index contributed by atoms with van der Waals surface area (Å²) >= 11 is 1.90. The number of aromatic carboxylic acids is 1. The van der Waals surface area contributed by atoms with Gasteiger partial charge in [0.05, 0.1) is 5.56 Å². The third kappa shape index (κ3) is 2.95. The maximum atomic E-state index is 11.1. The summed E-state index contributed by atoms with van der Waals surface area (Å²) in [5, 5.41) is 10.8. The van der Waals surface area contributed by atoms with E-state index in [-0.39, 0.29) is 0 Å². The summed E-state index contributed by atoms with van der Waals surface area (Å²) < 4.78 is 2.21. The van der Waals surface area contributed by atoms with Gasteiger partial charge in [-0.15, -0.1) is 0 Å². The van der Waals surface area contributed by atoms with Gasteiger partial charge in [-0.2, -0.15) is 11.8 Å². The molecule has 1 aromatic heterocycles. The third-order valence-electron chi connectivity index (χ3n) is 3.12. The van der Waals surface area contributed by atoms with Crippen molar-refractivity contribution in [3.8, 4) is 0 Å². The van der Waals surface area contributed by atoms with E-state index < -0.39 is 5.97 Å². The van der Waals surface area contributed by atoms with Crippen LogP contribution in [-0.2, 0) is 12.3 Å². The smallest absolute Gasteiger partial charge is 0.335 e. The number of hydrogen-bond acceptors (Lipinski definition) is 2. The number of nitrogens with zero attached hydrogens (tertiary/aromatic N) is 1. The summed E-state index contributed by atoms with van der Waals surface area (Å²) in [6, 6.07) is 7.50. The zero-order valence-corrected chi connectivity index (χ0v) is 12.3. The van der Waals surface area contributed by atoms with E-state index in [1.54, 1.807) is 12.1 Å². The maximum absolute atomic E-state index is 11.1. The lowest BCUT2D eigenvalue weighted by molar-refractivity contribution is 0.0697. The van der Waals surface area contributed by atoms with E-state index in [2.05, 4.69) is 31.4 Å². The minimum absolute atomic E-state index is 0.350.